The predicted octanol–water partition coefficient (Wildman–Crippen LogP) is 2.82. The van der Waals surface area contributed by atoms with Gasteiger partial charge in [-0.05, 0) is 34.8 Å². The lowest BCUT2D eigenvalue weighted by molar-refractivity contribution is 0.0912. The number of carbonyl (C=O) groups is 1. The summed E-state index contributed by atoms with van der Waals surface area (Å²) in [7, 11) is 0. The van der Waals surface area contributed by atoms with Crippen LogP contribution in [0.15, 0.2) is 28.7 Å². The molecule has 3 rings (SSSR count). The maximum absolute atomic E-state index is 12.2. The van der Waals surface area contributed by atoms with Crippen LogP contribution in [0.25, 0.3) is 10.9 Å². The highest BCUT2D eigenvalue weighted by Gasteiger charge is 2.26. The highest BCUT2D eigenvalue weighted by Crippen LogP contribution is 2.28. The van der Waals surface area contributed by atoms with Crippen LogP contribution in [-0.4, -0.2) is 28.6 Å². The minimum Gasteiger partial charge on any atom is -0.393 e. The highest BCUT2D eigenvalue weighted by atomic mass is 79.9. The molecule has 1 heterocycles. The molecule has 106 valence electrons. The monoisotopic (exact) mass is 336 g/mol. The Morgan fingerprint density at radius 3 is 2.90 bits per heavy atom. The molecule has 3 N–H and O–H groups in total. The number of benzene rings is 1. The van der Waals surface area contributed by atoms with Crippen LogP contribution in [0.1, 0.15) is 29.8 Å². The molecule has 1 aromatic heterocycles. The van der Waals surface area contributed by atoms with E-state index in [0.29, 0.717) is 12.2 Å². The predicted molar refractivity (Wildman–Crippen MR) is 81.7 cm³/mol. The van der Waals surface area contributed by atoms with Gasteiger partial charge in [0.1, 0.15) is 5.69 Å². The minimum atomic E-state index is -0.276. The van der Waals surface area contributed by atoms with Crippen LogP contribution in [0.3, 0.4) is 0 Å². The van der Waals surface area contributed by atoms with Crippen LogP contribution in [0.2, 0.25) is 0 Å². The Morgan fingerprint density at radius 2 is 2.20 bits per heavy atom. The normalized spacial score (nSPS) is 22.3. The summed E-state index contributed by atoms with van der Waals surface area (Å²) in [5.74, 6) is 0.0503. The third kappa shape index (κ3) is 2.47. The standard InChI is InChI=1S/C15H17BrN2O2/c16-13-10-5-1-2-6-11(10)18-14(13)15(20)17-8-9-4-3-7-12(9)19/h1-2,5-6,9,12,18-19H,3-4,7-8H2,(H,17,20). The second-order valence-corrected chi connectivity index (χ2v) is 6.12. The number of carbonyl (C=O) groups excluding carboxylic acids is 1. The Morgan fingerprint density at radius 1 is 1.40 bits per heavy atom. The molecule has 1 aliphatic carbocycles. The number of fused-ring (bicyclic) bond motifs is 1. The van der Waals surface area contributed by atoms with Crippen molar-refractivity contribution in [1.29, 1.82) is 0 Å². The highest BCUT2D eigenvalue weighted by molar-refractivity contribution is 9.10. The molecule has 2 atom stereocenters. The molecule has 1 aliphatic rings. The zero-order chi connectivity index (χ0) is 14.1. The van der Waals surface area contributed by atoms with E-state index in [0.717, 1.165) is 34.6 Å². The first-order chi connectivity index (χ1) is 9.66. The van der Waals surface area contributed by atoms with Crippen molar-refractivity contribution in [3.8, 4) is 0 Å². The van der Waals surface area contributed by atoms with E-state index in [1.807, 2.05) is 24.3 Å². The Bertz CT molecular complexity index is 638. The van der Waals surface area contributed by atoms with Crippen LogP contribution in [0, 0.1) is 5.92 Å². The molecule has 1 amide bonds. The van der Waals surface area contributed by atoms with E-state index < -0.39 is 0 Å². The fraction of sp³-hybridized carbons (Fsp3) is 0.400. The first kappa shape index (κ1) is 13.6. The van der Waals surface area contributed by atoms with Gasteiger partial charge in [-0.15, -0.1) is 0 Å². The van der Waals surface area contributed by atoms with Crippen molar-refractivity contribution in [2.24, 2.45) is 5.92 Å². The topological polar surface area (TPSA) is 65.1 Å². The van der Waals surface area contributed by atoms with Gasteiger partial charge in [0.2, 0.25) is 0 Å². The van der Waals surface area contributed by atoms with Gasteiger partial charge in [-0.2, -0.15) is 0 Å². The first-order valence-corrected chi connectivity index (χ1v) is 7.68. The summed E-state index contributed by atoms with van der Waals surface area (Å²) in [4.78, 5) is 15.4. The van der Waals surface area contributed by atoms with E-state index in [9.17, 15) is 9.90 Å². The van der Waals surface area contributed by atoms with Gasteiger partial charge in [0.05, 0.1) is 10.6 Å². The van der Waals surface area contributed by atoms with Gasteiger partial charge in [0.25, 0.3) is 5.91 Å². The smallest absolute Gasteiger partial charge is 0.268 e. The third-order valence-electron chi connectivity index (χ3n) is 4.01. The minimum absolute atomic E-state index is 0.132. The molecule has 0 saturated heterocycles. The van der Waals surface area contributed by atoms with Crippen LogP contribution < -0.4 is 5.32 Å². The second kappa shape index (κ2) is 5.58. The molecule has 1 saturated carbocycles. The van der Waals surface area contributed by atoms with E-state index in [1.54, 1.807) is 0 Å². The van der Waals surface area contributed by atoms with Crippen LogP contribution in [0.5, 0.6) is 0 Å². The number of hydrogen-bond acceptors (Lipinski definition) is 2. The fourth-order valence-corrected chi connectivity index (χ4v) is 3.46. The lowest BCUT2D eigenvalue weighted by Gasteiger charge is -2.14. The Labute approximate surface area is 125 Å². The molecular formula is C15H17BrN2O2. The van der Waals surface area contributed by atoms with Crippen molar-refractivity contribution in [2.45, 2.75) is 25.4 Å². The van der Waals surface area contributed by atoms with Crippen molar-refractivity contribution in [2.75, 3.05) is 6.54 Å². The number of nitrogens with one attached hydrogen (secondary N) is 2. The number of aliphatic hydroxyl groups is 1. The van der Waals surface area contributed by atoms with Crippen LogP contribution >= 0.6 is 15.9 Å². The van der Waals surface area contributed by atoms with E-state index in [-0.39, 0.29) is 17.9 Å². The Hall–Kier alpha value is -1.33. The summed E-state index contributed by atoms with van der Waals surface area (Å²) >= 11 is 3.48. The number of amides is 1. The number of aromatic amines is 1. The molecular weight excluding hydrogens is 320 g/mol. The third-order valence-corrected chi connectivity index (χ3v) is 4.84. The van der Waals surface area contributed by atoms with Gasteiger partial charge in [0.15, 0.2) is 0 Å². The fourth-order valence-electron chi connectivity index (χ4n) is 2.83. The number of aromatic nitrogens is 1. The molecule has 0 radical (unpaired) electrons. The molecule has 2 aromatic rings. The van der Waals surface area contributed by atoms with Gasteiger partial charge in [-0.3, -0.25) is 4.79 Å². The SMILES string of the molecule is O=C(NCC1CCCC1O)c1[nH]c2ccccc2c1Br. The summed E-state index contributed by atoms with van der Waals surface area (Å²) in [6.07, 6.45) is 2.59. The van der Waals surface area contributed by atoms with Crippen molar-refractivity contribution in [3.05, 3.63) is 34.4 Å². The zero-order valence-corrected chi connectivity index (χ0v) is 12.6. The van der Waals surface area contributed by atoms with Crippen LogP contribution in [0.4, 0.5) is 0 Å². The molecule has 0 aliphatic heterocycles. The number of hydrogen-bond donors (Lipinski definition) is 3. The van der Waals surface area contributed by atoms with E-state index in [1.165, 1.54) is 0 Å². The Balaban J connectivity index is 1.74. The molecule has 1 aromatic carbocycles. The van der Waals surface area contributed by atoms with Crippen molar-refractivity contribution >= 4 is 32.7 Å². The quantitative estimate of drug-likeness (QED) is 0.806. The summed E-state index contributed by atoms with van der Waals surface area (Å²) < 4.78 is 0.789. The van der Waals surface area contributed by atoms with Crippen LogP contribution in [-0.2, 0) is 0 Å². The Kier molecular flexibility index (Phi) is 3.81. The first-order valence-electron chi connectivity index (χ1n) is 6.89. The molecule has 20 heavy (non-hydrogen) atoms. The number of rotatable bonds is 3. The molecule has 0 spiro atoms. The largest absolute Gasteiger partial charge is 0.393 e. The van der Waals surface area contributed by atoms with Gasteiger partial charge in [-0.25, -0.2) is 0 Å². The second-order valence-electron chi connectivity index (χ2n) is 5.33. The molecule has 1 fully saturated rings. The van der Waals surface area contributed by atoms with Crippen molar-refractivity contribution in [3.63, 3.8) is 0 Å². The summed E-state index contributed by atoms with van der Waals surface area (Å²) in [6, 6.07) is 7.78. The average Bonchev–Trinajstić information content (AvgIpc) is 3.01. The average molecular weight is 337 g/mol. The van der Waals surface area contributed by atoms with E-state index in [2.05, 4.69) is 26.2 Å². The van der Waals surface area contributed by atoms with Gasteiger partial charge in [0, 0.05) is 23.4 Å². The summed E-state index contributed by atoms with van der Waals surface area (Å²) in [5.41, 5.74) is 1.48. The maximum Gasteiger partial charge on any atom is 0.268 e. The van der Waals surface area contributed by atoms with Gasteiger partial charge < -0.3 is 15.4 Å². The molecule has 4 nitrogen and oxygen atoms in total. The number of halogens is 1. The molecule has 0 bridgehead atoms. The number of aliphatic hydroxyl groups excluding tert-OH is 1. The maximum atomic E-state index is 12.2. The number of para-hydroxylation sites is 1. The van der Waals surface area contributed by atoms with E-state index >= 15 is 0 Å². The summed E-state index contributed by atoms with van der Waals surface area (Å²) in [5, 5.41) is 13.7. The zero-order valence-electron chi connectivity index (χ0n) is 11.0. The number of H-pyrrole nitrogens is 1. The van der Waals surface area contributed by atoms with Gasteiger partial charge >= 0.3 is 0 Å². The summed E-state index contributed by atoms with van der Waals surface area (Å²) in [6.45, 7) is 0.530. The van der Waals surface area contributed by atoms with E-state index in [4.69, 9.17) is 0 Å². The lowest BCUT2D eigenvalue weighted by atomic mass is 10.1. The van der Waals surface area contributed by atoms with Gasteiger partial charge in [-0.1, -0.05) is 24.6 Å². The molecule has 5 heteroatoms. The lowest BCUT2D eigenvalue weighted by Crippen LogP contribution is -2.32. The van der Waals surface area contributed by atoms with Crippen molar-refractivity contribution < 1.29 is 9.90 Å². The molecule has 2 unspecified atom stereocenters. The van der Waals surface area contributed by atoms with Crippen molar-refractivity contribution in [1.82, 2.24) is 10.3 Å².